The number of fused-ring (bicyclic) bond motifs is 2. The quantitative estimate of drug-likeness (QED) is 0.526. The second-order valence-corrected chi connectivity index (χ2v) is 9.15. The Kier molecular flexibility index (Phi) is 8.37. The normalized spacial score (nSPS) is 27.5. The molecule has 2 heterocycles. The first-order valence-electron chi connectivity index (χ1n) is 11.9. The third-order valence-corrected chi connectivity index (χ3v) is 6.95. The Morgan fingerprint density at radius 1 is 1.11 bits per heavy atom. The summed E-state index contributed by atoms with van der Waals surface area (Å²) in [5.41, 5.74) is 1.41. The van der Waals surface area contributed by atoms with Gasteiger partial charge >= 0.3 is 0 Å². The highest BCUT2D eigenvalue weighted by Crippen LogP contribution is 2.41. The first kappa shape index (κ1) is 21.8. The second kappa shape index (κ2) is 10.8. The van der Waals surface area contributed by atoms with Crippen LogP contribution in [0.15, 0.2) is 30.3 Å². The Bertz CT molecular complexity index is 563. The number of rotatable bonds is 11. The van der Waals surface area contributed by atoms with Crippen molar-refractivity contribution in [1.29, 1.82) is 0 Å². The standard InChI is InChI=1S/C25H42N2O/c1-4-7-9-15-24(22(6-3)12-5-2)25-19-26-16-23(28-25)18-27(20-25)17-21-13-10-8-11-14-21/h8,10-11,13-14,22-24,26H,4-7,9,12,15-20H2,1-3H3. The molecular weight excluding hydrogens is 344 g/mol. The molecule has 0 aromatic heterocycles. The van der Waals surface area contributed by atoms with Gasteiger partial charge in [-0.3, -0.25) is 4.90 Å². The lowest BCUT2D eigenvalue weighted by molar-refractivity contribution is -0.209. The van der Waals surface area contributed by atoms with Crippen molar-refractivity contribution in [1.82, 2.24) is 10.2 Å². The molecule has 2 fully saturated rings. The van der Waals surface area contributed by atoms with Gasteiger partial charge in [-0.05, 0) is 23.8 Å². The van der Waals surface area contributed by atoms with Crippen molar-refractivity contribution < 1.29 is 4.74 Å². The lowest BCUT2D eigenvalue weighted by Gasteiger charge is -2.55. The van der Waals surface area contributed by atoms with Crippen LogP contribution in [0.2, 0.25) is 0 Å². The lowest BCUT2D eigenvalue weighted by atomic mass is 9.70. The van der Waals surface area contributed by atoms with Gasteiger partial charge in [0.05, 0.1) is 11.7 Å². The van der Waals surface area contributed by atoms with Gasteiger partial charge in [-0.25, -0.2) is 0 Å². The molecule has 2 aliphatic heterocycles. The van der Waals surface area contributed by atoms with Crippen LogP contribution in [0.1, 0.15) is 71.3 Å². The first-order valence-corrected chi connectivity index (χ1v) is 11.9. The maximum Gasteiger partial charge on any atom is 0.0968 e. The van der Waals surface area contributed by atoms with Crippen LogP contribution < -0.4 is 5.32 Å². The zero-order chi connectivity index (χ0) is 19.8. The van der Waals surface area contributed by atoms with Crippen LogP contribution in [0.3, 0.4) is 0 Å². The van der Waals surface area contributed by atoms with Gasteiger partial charge in [0.2, 0.25) is 0 Å². The summed E-state index contributed by atoms with van der Waals surface area (Å²) in [6.45, 7) is 12.2. The van der Waals surface area contributed by atoms with Gasteiger partial charge in [-0.2, -0.15) is 0 Å². The van der Waals surface area contributed by atoms with Gasteiger partial charge in [0.15, 0.2) is 0 Å². The molecule has 0 aliphatic carbocycles. The van der Waals surface area contributed by atoms with Crippen molar-refractivity contribution in [2.45, 2.75) is 84.0 Å². The minimum Gasteiger partial charge on any atom is -0.366 e. The molecule has 0 amide bonds. The van der Waals surface area contributed by atoms with Crippen LogP contribution in [0.4, 0.5) is 0 Å². The second-order valence-electron chi connectivity index (χ2n) is 9.15. The summed E-state index contributed by atoms with van der Waals surface area (Å²) < 4.78 is 6.90. The maximum absolute atomic E-state index is 6.90. The third-order valence-electron chi connectivity index (χ3n) is 6.95. The summed E-state index contributed by atoms with van der Waals surface area (Å²) in [7, 11) is 0. The van der Waals surface area contributed by atoms with Gasteiger partial charge in [0.25, 0.3) is 0 Å². The molecule has 1 aromatic carbocycles. The number of nitrogens with one attached hydrogen (secondary N) is 1. The zero-order valence-corrected chi connectivity index (χ0v) is 18.5. The number of unbranched alkanes of at least 4 members (excludes halogenated alkanes) is 2. The molecule has 3 nitrogen and oxygen atoms in total. The summed E-state index contributed by atoms with van der Waals surface area (Å²) in [4.78, 5) is 2.68. The molecule has 28 heavy (non-hydrogen) atoms. The van der Waals surface area contributed by atoms with E-state index >= 15 is 0 Å². The van der Waals surface area contributed by atoms with Gasteiger partial charge in [-0.15, -0.1) is 0 Å². The summed E-state index contributed by atoms with van der Waals surface area (Å²) >= 11 is 0. The van der Waals surface area contributed by atoms with Crippen molar-refractivity contribution in [3.8, 4) is 0 Å². The van der Waals surface area contributed by atoms with E-state index in [0.717, 1.165) is 38.6 Å². The number of morpholine rings is 2. The van der Waals surface area contributed by atoms with Gasteiger partial charge in [0, 0.05) is 32.7 Å². The molecule has 1 N–H and O–H groups in total. The van der Waals surface area contributed by atoms with E-state index in [-0.39, 0.29) is 5.60 Å². The molecule has 4 atom stereocenters. The van der Waals surface area contributed by atoms with Crippen LogP contribution >= 0.6 is 0 Å². The molecule has 0 radical (unpaired) electrons. The summed E-state index contributed by atoms with van der Waals surface area (Å²) in [5, 5.41) is 3.75. The van der Waals surface area contributed by atoms with E-state index in [9.17, 15) is 0 Å². The van der Waals surface area contributed by atoms with E-state index < -0.39 is 0 Å². The number of hydrogen-bond acceptors (Lipinski definition) is 3. The van der Waals surface area contributed by atoms with Gasteiger partial charge < -0.3 is 10.1 Å². The fourth-order valence-electron chi connectivity index (χ4n) is 5.69. The van der Waals surface area contributed by atoms with Crippen molar-refractivity contribution in [3.05, 3.63) is 35.9 Å². The van der Waals surface area contributed by atoms with Crippen molar-refractivity contribution >= 4 is 0 Å². The molecule has 2 aliphatic rings. The highest BCUT2D eigenvalue weighted by molar-refractivity contribution is 5.15. The molecule has 3 heteroatoms. The molecule has 0 saturated carbocycles. The molecular formula is C25H42N2O. The Morgan fingerprint density at radius 3 is 2.64 bits per heavy atom. The molecule has 2 saturated heterocycles. The summed E-state index contributed by atoms with van der Waals surface area (Å²) in [6, 6.07) is 11.0. The number of nitrogens with zero attached hydrogens (tertiary/aromatic N) is 1. The minimum absolute atomic E-state index is 0.0144. The van der Waals surface area contributed by atoms with E-state index in [4.69, 9.17) is 4.74 Å². The molecule has 3 rings (SSSR count). The Balaban J connectivity index is 1.80. The summed E-state index contributed by atoms with van der Waals surface area (Å²) in [5.74, 6) is 1.44. The van der Waals surface area contributed by atoms with E-state index in [1.54, 1.807) is 0 Å². The topological polar surface area (TPSA) is 24.5 Å². The highest BCUT2D eigenvalue weighted by atomic mass is 16.5. The van der Waals surface area contributed by atoms with E-state index in [1.807, 2.05) is 0 Å². The Hall–Kier alpha value is -0.900. The predicted molar refractivity (Wildman–Crippen MR) is 119 cm³/mol. The fourth-order valence-corrected chi connectivity index (χ4v) is 5.69. The van der Waals surface area contributed by atoms with E-state index in [1.165, 1.54) is 50.5 Å². The van der Waals surface area contributed by atoms with Gasteiger partial charge in [0.1, 0.15) is 0 Å². The first-order chi connectivity index (χ1) is 13.7. The SMILES string of the molecule is CCCCCC(C(CC)CCC)C12CNCC(CN(Cc3ccccc3)C1)O2. The monoisotopic (exact) mass is 386 g/mol. The summed E-state index contributed by atoms with van der Waals surface area (Å²) in [6.07, 6.45) is 9.53. The highest BCUT2D eigenvalue weighted by Gasteiger charge is 2.50. The lowest BCUT2D eigenvalue weighted by Crippen LogP contribution is -2.69. The van der Waals surface area contributed by atoms with Crippen LogP contribution in [0.5, 0.6) is 0 Å². The van der Waals surface area contributed by atoms with E-state index in [0.29, 0.717) is 12.0 Å². The molecule has 4 unspecified atom stereocenters. The number of hydrogen-bond donors (Lipinski definition) is 1. The molecule has 1 aromatic rings. The largest absolute Gasteiger partial charge is 0.366 e. The third kappa shape index (κ3) is 5.37. The van der Waals surface area contributed by atoms with E-state index in [2.05, 4.69) is 61.3 Å². The molecule has 158 valence electrons. The number of benzene rings is 1. The number of ether oxygens (including phenoxy) is 1. The minimum atomic E-state index is -0.0144. The van der Waals surface area contributed by atoms with Crippen LogP contribution in [-0.2, 0) is 11.3 Å². The predicted octanol–water partition coefficient (Wildman–Crippen LogP) is 5.25. The Labute approximate surface area is 173 Å². The molecule has 0 spiro atoms. The van der Waals surface area contributed by atoms with Crippen LogP contribution in [-0.4, -0.2) is 42.8 Å². The average molecular weight is 387 g/mol. The van der Waals surface area contributed by atoms with Gasteiger partial charge in [-0.1, -0.05) is 89.6 Å². The van der Waals surface area contributed by atoms with Crippen LogP contribution in [0.25, 0.3) is 0 Å². The Morgan fingerprint density at radius 2 is 1.93 bits per heavy atom. The maximum atomic E-state index is 6.90. The zero-order valence-electron chi connectivity index (χ0n) is 18.5. The van der Waals surface area contributed by atoms with Crippen LogP contribution in [0, 0.1) is 11.8 Å². The van der Waals surface area contributed by atoms with Crippen molar-refractivity contribution in [3.63, 3.8) is 0 Å². The van der Waals surface area contributed by atoms with Crippen molar-refractivity contribution in [2.24, 2.45) is 11.8 Å². The molecule has 2 bridgehead atoms. The van der Waals surface area contributed by atoms with Crippen molar-refractivity contribution in [2.75, 3.05) is 26.2 Å². The average Bonchev–Trinajstić information content (AvgIpc) is 2.70. The smallest absolute Gasteiger partial charge is 0.0968 e. The fraction of sp³-hybridized carbons (Fsp3) is 0.760.